The molecule has 0 fully saturated rings. The summed E-state index contributed by atoms with van der Waals surface area (Å²) in [4.78, 5) is 14.9. The second-order valence-electron chi connectivity index (χ2n) is 3.76. The van der Waals surface area contributed by atoms with E-state index in [0.29, 0.717) is 5.01 Å². The summed E-state index contributed by atoms with van der Waals surface area (Å²) in [5.41, 5.74) is -0.408. The molecule has 1 aromatic rings. The van der Waals surface area contributed by atoms with E-state index in [4.69, 9.17) is 5.11 Å². The van der Waals surface area contributed by atoms with Crippen molar-refractivity contribution in [1.29, 1.82) is 0 Å². The molecular weight excluding hydrogens is 202 g/mol. The van der Waals surface area contributed by atoms with Crippen molar-refractivity contribution in [2.45, 2.75) is 26.9 Å². The smallest absolute Gasteiger partial charge is 0.312 e. The Balaban J connectivity index is 2.95. The molecule has 0 aliphatic rings. The summed E-state index contributed by atoms with van der Waals surface area (Å²) >= 11 is 1.28. The minimum Gasteiger partial charge on any atom is -0.481 e. The number of aliphatic hydroxyl groups excluding tert-OH is 1. The molecule has 2 N–H and O–H groups in total. The Kier molecular flexibility index (Phi) is 2.92. The summed E-state index contributed by atoms with van der Waals surface area (Å²) in [6.07, 6.45) is -1.06. The molecule has 4 nitrogen and oxygen atoms in total. The Labute approximate surface area is 86.2 Å². The zero-order valence-corrected chi connectivity index (χ0v) is 9.13. The number of aliphatic hydroxyl groups is 1. The van der Waals surface area contributed by atoms with Crippen LogP contribution < -0.4 is 0 Å². The second kappa shape index (κ2) is 3.67. The van der Waals surface area contributed by atoms with Crippen LogP contribution in [0.4, 0.5) is 0 Å². The van der Waals surface area contributed by atoms with E-state index in [0.717, 1.165) is 5.69 Å². The van der Waals surface area contributed by atoms with E-state index in [1.165, 1.54) is 25.2 Å². The molecular formula is C9H13NO3S. The molecule has 1 unspecified atom stereocenters. The number of carboxylic acid groups (broad SMARTS) is 1. The molecule has 0 saturated carbocycles. The lowest BCUT2D eigenvalue weighted by Crippen LogP contribution is -2.31. The predicted molar refractivity (Wildman–Crippen MR) is 53.2 cm³/mol. The van der Waals surface area contributed by atoms with E-state index in [2.05, 4.69) is 4.98 Å². The van der Waals surface area contributed by atoms with Gasteiger partial charge >= 0.3 is 5.97 Å². The van der Waals surface area contributed by atoms with Crippen LogP contribution in [0.25, 0.3) is 0 Å². The fourth-order valence-corrected chi connectivity index (χ4v) is 1.89. The van der Waals surface area contributed by atoms with Gasteiger partial charge in [0.05, 0.1) is 5.41 Å². The first-order chi connectivity index (χ1) is 6.35. The van der Waals surface area contributed by atoms with Crippen LogP contribution in [0.1, 0.15) is 30.7 Å². The van der Waals surface area contributed by atoms with Gasteiger partial charge in [0.1, 0.15) is 11.1 Å². The van der Waals surface area contributed by atoms with Gasteiger partial charge in [0, 0.05) is 11.1 Å². The van der Waals surface area contributed by atoms with Crippen molar-refractivity contribution in [3.63, 3.8) is 0 Å². The van der Waals surface area contributed by atoms with Crippen LogP contribution in [0.2, 0.25) is 0 Å². The van der Waals surface area contributed by atoms with E-state index < -0.39 is 17.5 Å². The molecule has 78 valence electrons. The summed E-state index contributed by atoms with van der Waals surface area (Å²) in [6, 6.07) is 0. The van der Waals surface area contributed by atoms with Crippen molar-refractivity contribution in [3.05, 3.63) is 16.1 Å². The normalized spacial score (nSPS) is 14.0. The zero-order valence-electron chi connectivity index (χ0n) is 8.31. The summed E-state index contributed by atoms with van der Waals surface area (Å²) in [5, 5.41) is 20.9. The van der Waals surface area contributed by atoms with Crippen LogP contribution >= 0.6 is 11.3 Å². The molecule has 0 aliphatic carbocycles. The van der Waals surface area contributed by atoms with E-state index in [1.54, 1.807) is 12.3 Å². The third-order valence-electron chi connectivity index (χ3n) is 2.11. The SMILES string of the molecule is Cc1csc(C(O)C(C)(C)C(=O)O)n1. The Morgan fingerprint density at radius 3 is 2.57 bits per heavy atom. The van der Waals surface area contributed by atoms with Gasteiger partial charge in [-0.25, -0.2) is 4.98 Å². The minimum absolute atomic E-state index is 0.454. The van der Waals surface area contributed by atoms with Crippen LogP contribution in [0, 0.1) is 12.3 Å². The molecule has 1 heterocycles. The van der Waals surface area contributed by atoms with E-state index in [1.807, 2.05) is 0 Å². The number of nitrogens with zero attached hydrogens (tertiary/aromatic N) is 1. The fraction of sp³-hybridized carbons (Fsp3) is 0.556. The highest BCUT2D eigenvalue weighted by Gasteiger charge is 2.38. The van der Waals surface area contributed by atoms with Gasteiger partial charge in [-0.2, -0.15) is 0 Å². The van der Waals surface area contributed by atoms with Crippen LogP contribution in [-0.2, 0) is 4.79 Å². The number of rotatable bonds is 3. The number of carbonyl (C=O) groups is 1. The Morgan fingerprint density at radius 2 is 2.21 bits per heavy atom. The highest BCUT2D eigenvalue weighted by atomic mass is 32.1. The zero-order chi connectivity index (χ0) is 10.9. The van der Waals surface area contributed by atoms with Crippen molar-refractivity contribution in [3.8, 4) is 0 Å². The van der Waals surface area contributed by atoms with Gasteiger partial charge in [-0.1, -0.05) is 0 Å². The second-order valence-corrected chi connectivity index (χ2v) is 4.65. The first-order valence-corrected chi connectivity index (χ1v) is 5.07. The van der Waals surface area contributed by atoms with Crippen LogP contribution in [0.5, 0.6) is 0 Å². The Bertz CT molecular complexity index is 346. The molecule has 1 aromatic heterocycles. The molecule has 0 bridgehead atoms. The third-order valence-corrected chi connectivity index (χ3v) is 3.12. The Morgan fingerprint density at radius 1 is 1.64 bits per heavy atom. The van der Waals surface area contributed by atoms with Crippen molar-refractivity contribution < 1.29 is 15.0 Å². The highest BCUT2D eigenvalue weighted by molar-refractivity contribution is 7.09. The minimum atomic E-state index is -1.20. The first kappa shape index (κ1) is 11.1. The van der Waals surface area contributed by atoms with Crippen LogP contribution in [0.15, 0.2) is 5.38 Å². The largest absolute Gasteiger partial charge is 0.481 e. The number of hydrogen-bond acceptors (Lipinski definition) is 4. The van der Waals surface area contributed by atoms with Gasteiger partial charge in [0.2, 0.25) is 0 Å². The van der Waals surface area contributed by atoms with E-state index >= 15 is 0 Å². The van der Waals surface area contributed by atoms with Gasteiger partial charge in [-0.05, 0) is 20.8 Å². The lowest BCUT2D eigenvalue weighted by atomic mass is 9.87. The standard InChI is InChI=1S/C9H13NO3S/c1-5-4-14-7(10-5)6(11)9(2,3)8(12)13/h4,6,11H,1-3H3,(H,12,13). The molecule has 0 radical (unpaired) electrons. The summed E-state index contributed by atoms with van der Waals surface area (Å²) in [7, 11) is 0. The van der Waals surface area contributed by atoms with Gasteiger partial charge in [0.15, 0.2) is 0 Å². The highest BCUT2D eigenvalue weighted by Crippen LogP contribution is 2.34. The maximum Gasteiger partial charge on any atom is 0.312 e. The molecule has 14 heavy (non-hydrogen) atoms. The number of aryl methyl sites for hydroxylation is 1. The van der Waals surface area contributed by atoms with Gasteiger partial charge in [-0.3, -0.25) is 4.79 Å². The van der Waals surface area contributed by atoms with Gasteiger partial charge < -0.3 is 10.2 Å². The lowest BCUT2D eigenvalue weighted by molar-refractivity contribution is -0.153. The van der Waals surface area contributed by atoms with Crippen LogP contribution in [0.3, 0.4) is 0 Å². The molecule has 0 aromatic carbocycles. The average Bonchev–Trinajstić information content (AvgIpc) is 2.50. The first-order valence-electron chi connectivity index (χ1n) is 4.19. The summed E-state index contributed by atoms with van der Waals surface area (Å²) in [6.45, 7) is 4.77. The van der Waals surface area contributed by atoms with Crippen molar-refractivity contribution in [2.75, 3.05) is 0 Å². The fourth-order valence-electron chi connectivity index (χ4n) is 0.923. The quantitative estimate of drug-likeness (QED) is 0.803. The molecule has 1 rings (SSSR count). The molecule has 0 saturated heterocycles. The Hall–Kier alpha value is -0.940. The van der Waals surface area contributed by atoms with Crippen molar-refractivity contribution in [1.82, 2.24) is 4.98 Å². The van der Waals surface area contributed by atoms with Crippen molar-refractivity contribution in [2.24, 2.45) is 5.41 Å². The monoisotopic (exact) mass is 215 g/mol. The van der Waals surface area contributed by atoms with Crippen LogP contribution in [-0.4, -0.2) is 21.2 Å². The molecule has 1 atom stereocenters. The third kappa shape index (κ3) is 1.93. The van der Waals surface area contributed by atoms with Gasteiger partial charge in [-0.15, -0.1) is 11.3 Å². The number of thiazole rings is 1. The average molecular weight is 215 g/mol. The van der Waals surface area contributed by atoms with Gasteiger partial charge in [0.25, 0.3) is 0 Å². The topological polar surface area (TPSA) is 70.4 Å². The molecule has 0 aliphatic heterocycles. The summed E-state index contributed by atoms with van der Waals surface area (Å²) < 4.78 is 0. The predicted octanol–water partition coefficient (Wildman–Crippen LogP) is 1.60. The van der Waals surface area contributed by atoms with E-state index in [-0.39, 0.29) is 0 Å². The molecule has 0 amide bonds. The van der Waals surface area contributed by atoms with E-state index in [9.17, 15) is 9.90 Å². The number of hydrogen-bond donors (Lipinski definition) is 2. The molecule has 0 spiro atoms. The molecule has 5 heteroatoms. The summed E-state index contributed by atoms with van der Waals surface area (Å²) in [5.74, 6) is -1.03. The lowest BCUT2D eigenvalue weighted by Gasteiger charge is -2.23. The maximum atomic E-state index is 10.9. The van der Waals surface area contributed by atoms with Crippen molar-refractivity contribution >= 4 is 17.3 Å². The number of aromatic nitrogens is 1. The maximum absolute atomic E-state index is 10.9. The number of carboxylic acids is 1. The number of aliphatic carboxylic acids is 1.